The van der Waals surface area contributed by atoms with Crippen molar-refractivity contribution in [3.05, 3.63) is 70.0 Å². The van der Waals surface area contributed by atoms with E-state index in [1.807, 2.05) is 31.2 Å². The Hall–Kier alpha value is -1.87. The molecule has 2 rings (SSSR count). The molecule has 2 nitrogen and oxygen atoms in total. The maximum atomic E-state index is 13.8. The minimum Gasteiger partial charge on any atom is -0.481 e. The molecule has 1 unspecified atom stereocenters. The van der Waals surface area contributed by atoms with Crippen molar-refractivity contribution in [3.8, 4) is 0 Å². The number of rotatable bonds is 5. The SMILES string of the molecule is Cc1cccc(CC(Cc2c(F)cccc2Cl)C(=O)O)c1. The van der Waals surface area contributed by atoms with E-state index in [0.717, 1.165) is 11.1 Å². The Bertz CT molecular complexity index is 635. The lowest BCUT2D eigenvalue weighted by molar-refractivity contribution is -0.141. The molecule has 21 heavy (non-hydrogen) atoms. The molecule has 0 aliphatic carbocycles. The molecule has 4 heteroatoms. The minimum absolute atomic E-state index is 0.0782. The Labute approximate surface area is 128 Å². The fraction of sp³-hybridized carbons (Fsp3) is 0.235. The third kappa shape index (κ3) is 4.05. The Balaban J connectivity index is 2.22. The number of halogens is 2. The average Bonchev–Trinajstić information content (AvgIpc) is 2.41. The molecule has 0 radical (unpaired) electrons. The number of aliphatic carboxylic acids is 1. The van der Waals surface area contributed by atoms with Gasteiger partial charge in [0.2, 0.25) is 0 Å². The molecule has 1 atom stereocenters. The Morgan fingerprint density at radius 1 is 1.24 bits per heavy atom. The number of hydrogen-bond acceptors (Lipinski definition) is 1. The highest BCUT2D eigenvalue weighted by Gasteiger charge is 2.21. The standard InChI is InChI=1S/C17H16ClFO2/c1-11-4-2-5-12(8-11)9-13(17(20)21)10-14-15(18)6-3-7-16(14)19/h2-8,13H,9-10H2,1H3,(H,20,21). The van der Waals surface area contributed by atoms with Gasteiger partial charge in [-0.2, -0.15) is 0 Å². The van der Waals surface area contributed by atoms with Crippen LogP contribution in [0, 0.1) is 18.7 Å². The van der Waals surface area contributed by atoms with Crippen LogP contribution in [0.1, 0.15) is 16.7 Å². The van der Waals surface area contributed by atoms with Crippen LogP contribution in [0.25, 0.3) is 0 Å². The lowest BCUT2D eigenvalue weighted by Crippen LogP contribution is -2.20. The fourth-order valence-corrected chi connectivity index (χ4v) is 2.58. The largest absolute Gasteiger partial charge is 0.481 e. The lowest BCUT2D eigenvalue weighted by Gasteiger charge is -2.14. The zero-order valence-corrected chi connectivity index (χ0v) is 12.4. The van der Waals surface area contributed by atoms with Crippen LogP contribution in [0.3, 0.4) is 0 Å². The molecule has 2 aromatic carbocycles. The monoisotopic (exact) mass is 306 g/mol. The van der Waals surface area contributed by atoms with Crippen LogP contribution in [-0.4, -0.2) is 11.1 Å². The smallest absolute Gasteiger partial charge is 0.307 e. The van der Waals surface area contributed by atoms with Crippen molar-refractivity contribution in [2.75, 3.05) is 0 Å². The maximum absolute atomic E-state index is 13.8. The first-order valence-corrected chi connectivity index (χ1v) is 7.06. The normalized spacial score (nSPS) is 12.1. The van der Waals surface area contributed by atoms with Gasteiger partial charge in [-0.05, 0) is 37.5 Å². The topological polar surface area (TPSA) is 37.3 Å². The highest BCUT2D eigenvalue weighted by atomic mass is 35.5. The van der Waals surface area contributed by atoms with Crippen molar-refractivity contribution in [3.63, 3.8) is 0 Å². The Morgan fingerprint density at radius 2 is 1.95 bits per heavy atom. The number of benzene rings is 2. The van der Waals surface area contributed by atoms with Crippen molar-refractivity contribution in [2.24, 2.45) is 5.92 Å². The van der Waals surface area contributed by atoms with Crippen molar-refractivity contribution in [1.82, 2.24) is 0 Å². The second-order valence-corrected chi connectivity index (χ2v) is 5.54. The van der Waals surface area contributed by atoms with E-state index in [0.29, 0.717) is 6.42 Å². The highest BCUT2D eigenvalue weighted by molar-refractivity contribution is 6.31. The zero-order chi connectivity index (χ0) is 15.4. The summed E-state index contributed by atoms with van der Waals surface area (Å²) in [5, 5.41) is 9.65. The molecular weight excluding hydrogens is 291 g/mol. The predicted molar refractivity (Wildman–Crippen MR) is 81.1 cm³/mol. The molecule has 0 fully saturated rings. The van der Waals surface area contributed by atoms with Gasteiger partial charge in [0.1, 0.15) is 5.82 Å². The minimum atomic E-state index is -0.948. The van der Waals surface area contributed by atoms with E-state index >= 15 is 0 Å². The van der Waals surface area contributed by atoms with Crippen LogP contribution in [-0.2, 0) is 17.6 Å². The molecule has 0 amide bonds. The first kappa shape index (κ1) is 15.5. The Morgan fingerprint density at radius 3 is 2.57 bits per heavy atom. The zero-order valence-electron chi connectivity index (χ0n) is 11.6. The summed E-state index contributed by atoms with van der Waals surface area (Å²) >= 11 is 5.97. The van der Waals surface area contributed by atoms with Crippen LogP contribution in [0.4, 0.5) is 4.39 Å². The number of aryl methyl sites for hydroxylation is 1. The number of carboxylic acids is 1. The van der Waals surface area contributed by atoms with E-state index in [4.69, 9.17) is 11.6 Å². The number of carbonyl (C=O) groups is 1. The average molecular weight is 307 g/mol. The van der Waals surface area contributed by atoms with Crippen molar-refractivity contribution in [1.29, 1.82) is 0 Å². The van der Waals surface area contributed by atoms with E-state index in [1.165, 1.54) is 12.1 Å². The summed E-state index contributed by atoms with van der Waals surface area (Å²) in [5.74, 6) is -2.12. The molecule has 1 N–H and O–H groups in total. The van der Waals surface area contributed by atoms with E-state index in [2.05, 4.69) is 0 Å². The van der Waals surface area contributed by atoms with Crippen LogP contribution in [0.15, 0.2) is 42.5 Å². The molecule has 0 bridgehead atoms. The van der Waals surface area contributed by atoms with E-state index in [9.17, 15) is 14.3 Å². The molecule has 0 saturated carbocycles. The van der Waals surface area contributed by atoms with E-state index in [1.54, 1.807) is 6.07 Å². The summed E-state index contributed by atoms with van der Waals surface area (Å²) in [4.78, 5) is 11.5. The van der Waals surface area contributed by atoms with Gasteiger partial charge in [-0.25, -0.2) is 4.39 Å². The van der Waals surface area contributed by atoms with Gasteiger partial charge < -0.3 is 5.11 Å². The molecule has 0 spiro atoms. The molecule has 0 heterocycles. The van der Waals surface area contributed by atoms with Gasteiger partial charge in [0, 0.05) is 10.6 Å². The predicted octanol–water partition coefficient (Wildman–Crippen LogP) is 4.27. The first-order valence-electron chi connectivity index (χ1n) is 6.68. The fourth-order valence-electron chi connectivity index (χ4n) is 2.34. The van der Waals surface area contributed by atoms with Gasteiger partial charge in [0.05, 0.1) is 5.92 Å². The van der Waals surface area contributed by atoms with Crippen LogP contribution >= 0.6 is 11.6 Å². The summed E-state index contributed by atoms with van der Waals surface area (Å²) in [6.07, 6.45) is 0.427. The van der Waals surface area contributed by atoms with Crippen molar-refractivity contribution >= 4 is 17.6 Å². The highest BCUT2D eigenvalue weighted by Crippen LogP contribution is 2.24. The van der Waals surface area contributed by atoms with Crippen LogP contribution < -0.4 is 0 Å². The molecule has 0 aliphatic heterocycles. The first-order chi connectivity index (χ1) is 9.97. The van der Waals surface area contributed by atoms with Gasteiger partial charge in [0.25, 0.3) is 0 Å². The van der Waals surface area contributed by atoms with Gasteiger partial charge in [-0.15, -0.1) is 0 Å². The molecule has 110 valence electrons. The molecular formula is C17H16ClFO2. The number of carboxylic acid groups (broad SMARTS) is 1. The molecule has 0 aliphatic rings. The maximum Gasteiger partial charge on any atom is 0.307 e. The van der Waals surface area contributed by atoms with Gasteiger partial charge in [-0.1, -0.05) is 47.5 Å². The third-order valence-electron chi connectivity index (χ3n) is 3.43. The summed E-state index contributed by atoms with van der Waals surface area (Å²) < 4.78 is 13.8. The van der Waals surface area contributed by atoms with E-state index < -0.39 is 17.7 Å². The summed E-state index contributed by atoms with van der Waals surface area (Å²) in [6, 6.07) is 12.0. The molecule has 2 aromatic rings. The van der Waals surface area contributed by atoms with Crippen molar-refractivity contribution < 1.29 is 14.3 Å². The van der Waals surface area contributed by atoms with E-state index in [-0.39, 0.29) is 17.0 Å². The van der Waals surface area contributed by atoms with Crippen LogP contribution in [0.2, 0.25) is 5.02 Å². The molecule has 0 aromatic heterocycles. The second kappa shape index (κ2) is 6.72. The van der Waals surface area contributed by atoms with Crippen LogP contribution in [0.5, 0.6) is 0 Å². The Kier molecular flexibility index (Phi) is 4.97. The van der Waals surface area contributed by atoms with Gasteiger partial charge in [0.15, 0.2) is 0 Å². The lowest BCUT2D eigenvalue weighted by atomic mass is 9.92. The summed E-state index contributed by atoms with van der Waals surface area (Å²) in [7, 11) is 0. The van der Waals surface area contributed by atoms with Gasteiger partial charge >= 0.3 is 5.97 Å². The van der Waals surface area contributed by atoms with Crippen molar-refractivity contribution in [2.45, 2.75) is 19.8 Å². The molecule has 0 saturated heterocycles. The second-order valence-electron chi connectivity index (χ2n) is 5.13. The third-order valence-corrected chi connectivity index (χ3v) is 3.78. The summed E-state index contributed by atoms with van der Waals surface area (Å²) in [6.45, 7) is 1.95. The quantitative estimate of drug-likeness (QED) is 0.895. The van der Waals surface area contributed by atoms with Gasteiger partial charge in [-0.3, -0.25) is 4.79 Å². The summed E-state index contributed by atoms with van der Waals surface area (Å²) in [5.41, 5.74) is 2.26. The number of hydrogen-bond donors (Lipinski definition) is 1.